The van der Waals surface area contributed by atoms with E-state index in [2.05, 4.69) is 31.0 Å². The van der Waals surface area contributed by atoms with E-state index in [1.807, 2.05) is 0 Å². The Hall–Kier alpha value is -0.690. The number of hydrogen-bond donors (Lipinski definition) is 4. The Labute approximate surface area is 108 Å². The molecule has 0 spiro atoms. The van der Waals surface area contributed by atoms with Crippen molar-refractivity contribution in [1.82, 2.24) is 10.2 Å². The van der Waals surface area contributed by atoms with Crippen LogP contribution < -0.4 is 11.1 Å². The van der Waals surface area contributed by atoms with Crippen LogP contribution in [0.15, 0.2) is 0 Å². The van der Waals surface area contributed by atoms with Crippen LogP contribution in [0.3, 0.4) is 0 Å². The van der Waals surface area contributed by atoms with E-state index in [4.69, 9.17) is 10.8 Å². The van der Waals surface area contributed by atoms with E-state index in [9.17, 15) is 9.90 Å². The maximum Gasteiger partial charge on any atom is 0.226 e. The molecule has 0 aromatic rings. The van der Waals surface area contributed by atoms with E-state index in [-0.39, 0.29) is 36.6 Å². The Kier molecular flexibility index (Phi) is 5.10. The molecule has 1 unspecified atom stereocenters. The summed E-state index contributed by atoms with van der Waals surface area (Å²) in [5.41, 5.74) is 5.99. The first-order chi connectivity index (χ1) is 8.25. The first kappa shape index (κ1) is 15.4. The SMILES string of the molecule is CC(C)(C)N1C[C@H](N)[C@H](C(=O)NCC(O)CO)C1. The summed E-state index contributed by atoms with van der Waals surface area (Å²) in [6.45, 7) is 7.32. The number of likely N-dealkylation sites (tertiary alicyclic amines) is 1. The lowest BCUT2D eigenvalue weighted by Gasteiger charge is -2.31. The van der Waals surface area contributed by atoms with Gasteiger partial charge in [-0.1, -0.05) is 0 Å². The van der Waals surface area contributed by atoms with Crippen molar-refractivity contribution in [3.63, 3.8) is 0 Å². The highest BCUT2D eigenvalue weighted by Crippen LogP contribution is 2.23. The van der Waals surface area contributed by atoms with Crippen LogP contribution in [0.5, 0.6) is 0 Å². The molecule has 18 heavy (non-hydrogen) atoms. The van der Waals surface area contributed by atoms with Crippen molar-refractivity contribution in [3.05, 3.63) is 0 Å². The van der Waals surface area contributed by atoms with Crippen molar-refractivity contribution in [2.45, 2.75) is 38.5 Å². The summed E-state index contributed by atoms with van der Waals surface area (Å²) >= 11 is 0. The predicted octanol–water partition coefficient (Wildman–Crippen LogP) is -1.49. The zero-order valence-electron chi connectivity index (χ0n) is 11.4. The summed E-state index contributed by atoms with van der Waals surface area (Å²) in [7, 11) is 0. The Morgan fingerprint density at radius 1 is 1.50 bits per heavy atom. The van der Waals surface area contributed by atoms with E-state index in [0.717, 1.165) is 0 Å². The van der Waals surface area contributed by atoms with Gasteiger partial charge in [0.25, 0.3) is 0 Å². The number of amides is 1. The number of nitrogens with two attached hydrogens (primary N) is 1. The molecule has 1 aliphatic heterocycles. The van der Waals surface area contributed by atoms with Gasteiger partial charge in [0.15, 0.2) is 0 Å². The quantitative estimate of drug-likeness (QED) is 0.493. The number of carbonyl (C=O) groups is 1. The van der Waals surface area contributed by atoms with Crippen LogP contribution in [-0.4, -0.2) is 64.9 Å². The number of carbonyl (C=O) groups excluding carboxylic acids is 1. The average Bonchev–Trinajstić information content (AvgIpc) is 2.67. The molecule has 0 bridgehead atoms. The van der Waals surface area contributed by atoms with Crippen LogP contribution in [0.2, 0.25) is 0 Å². The van der Waals surface area contributed by atoms with Crippen LogP contribution in [0.25, 0.3) is 0 Å². The van der Waals surface area contributed by atoms with Gasteiger partial charge in [-0.25, -0.2) is 0 Å². The van der Waals surface area contributed by atoms with Crippen LogP contribution in [0, 0.1) is 5.92 Å². The molecule has 0 aromatic carbocycles. The Balaban J connectivity index is 2.49. The van der Waals surface area contributed by atoms with Crippen molar-refractivity contribution >= 4 is 5.91 Å². The highest BCUT2D eigenvalue weighted by Gasteiger charge is 2.39. The van der Waals surface area contributed by atoms with Gasteiger partial charge in [0.05, 0.1) is 18.6 Å². The molecule has 1 aliphatic rings. The Morgan fingerprint density at radius 3 is 2.56 bits per heavy atom. The molecule has 0 saturated carbocycles. The lowest BCUT2D eigenvalue weighted by Crippen LogP contribution is -2.44. The van der Waals surface area contributed by atoms with Gasteiger partial charge in [0, 0.05) is 31.2 Å². The summed E-state index contributed by atoms with van der Waals surface area (Å²) in [5, 5.41) is 20.5. The molecule has 1 heterocycles. The number of hydrogen-bond acceptors (Lipinski definition) is 5. The summed E-state index contributed by atoms with van der Waals surface area (Å²) in [5.74, 6) is -0.406. The fourth-order valence-corrected chi connectivity index (χ4v) is 2.07. The highest BCUT2D eigenvalue weighted by molar-refractivity contribution is 5.80. The fraction of sp³-hybridized carbons (Fsp3) is 0.917. The molecule has 6 heteroatoms. The largest absolute Gasteiger partial charge is 0.394 e. The van der Waals surface area contributed by atoms with E-state index < -0.39 is 6.10 Å². The molecule has 5 N–H and O–H groups in total. The molecule has 1 rings (SSSR count). The second kappa shape index (κ2) is 5.97. The molecular formula is C12H25N3O3. The molecule has 1 amide bonds. The minimum Gasteiger partial charge on any atom is -0.394 e. The Morgan fingerprint density at radius 2 is 2.11 bits per heavy atom. The number of nitrogens with zero attached hydrogens (tertiary/aromatic N) is 1. The van der Waals surface area contributed by atoms with E-state index in [0.29, 0.717) is 13.1 Å². The molecule has 0 radical (unpaired) electrons. The number of aliphatic hydroxyl groups excluding tert-OH is 2. The first-order valence-electron chi connectivity index (χ1n) is 6.33. The summed E-state index contributed by atoms with van der Waals surface area (Å²) in [6.07, 6.45) is -0.912. The second-order valence-electron chi connectivity index (χ2n) is 5.93. The third kappa shape index (κ3) is 3.91. The van der Waals surface area contributed by atoms with Gasteiger partial charge >= 0.3 is 0 Å². The zero-order valence-corrected chi connectivity index (χ0v) is 11.4. The normalized spacial score (nSPS) is 27.2. The summed E-state index contributed by atoms with van der Waals surface area (Å²) < 4.78 is 0. The monoisotopic (exact) mass is 259 g/mol. The van der Waals surface area contributed by atoms with Crippen LogP contribution in [0.1, 0.15) is 20.8 Å². The summed E-state index contributed by atoms with van der Waals surface area (Å²) in [6, 6.07) is -0.185. The maximum absolute atomic E-state index is 11.9. The van der Waals surface area contributed by atoms with Gasteiger partial charge < -0.3 is 21.3 Å². The third-order valence-corrected chi connectivity index (χ3v) is 3.37. The maximum atomic E-state index is 11.9. The second-order valence-corrected chi connectivity index (χ2v) is 5.93. The fourth-order valence-electron chi connectivity index (χ4n) is 2.07. The van der Waals surface area contributed by atoms with Gasteiger partial charge in [-0.15, -0.1) is 0 Å². The molecule has 1 fully saturated rings. The van der Waals surface area contributed by atoms with Crippen molar-refractivity contribution in [2.75, 3.05) is 26.2 Å². The number of rotatable bonds is 4. The number of nitrogens with one attached hydrogen (secondary N) is 1. The van der Waals surface area contributed by atoms with Crippen molar-refractivity contribution in [2.24, 2.45) is 11.7 Å². The van der Waals surface area contributed by atoms with Gasteiger partial charge in [-0.05, 0) is 20.8 Å². The first-order valence-corrected chi connectivity index (χ1v) is 6.33. The zero-order chi connectivity index (χ0) is 13.9. The molecule has 106 valence electrons. The van der Waals surface area contributed by atoms with Gasteiger partial charge in [-0.3, -0.25) is 9.69 Å². The van der Waals surface area contributed by atoms with Gasteiger partial charge in [0.1, 0.15) is 0 Å². The standard InChI is InChI=1S/C12H25N3O3/c1-12(2,3)15-5-9(10(13)6-15)11(18)14-4-8(17)7-16/h8-10,16-17H,4-7,13H2,1-3H3,(H,14,18)/t8?,9-,10+/m1/s1. The van der Waals surface area contributed by atoms with Crippen molar-refractivity contribution in [3.8, 4) is 0 Å². The number of aliphatic hydroxyl groups is 2. The summed E-state index contributed by atoms with van der Waals surface area (Å²) in [4.78, 5) is 14.1. The Bertz CT molecular complexity index is 291. The van der Waals surface area contributed by atoms with E-state index >= 15 is 0 Å². The van der Waals surface area contributed by atoms with E-state index in [1.165, 1.54) is 0 Å². The molecule has 3 atom stereocenters. The smallest absolute Gasteiger partial charge is 0.226 e. The minimum atomic E-state index is -0.912. The predicted molar refractivity (Wildman–Crippen MR) is 68.9 cm³/mol. The van der Waals surface area contributed by atoms with Crippen molar-refractivity contribution < 1.29 is 15.0 Å². The molecule has 1 saturated heterocycles. The van der Waals surface area contributed by atoms with Crippen LogP contribution >= 0.6 is 0 Å². The highest BCUT2D eigenvalue weighted by atomic mass is 16.3. The molecule has 6 nitrogen and oxygen atoms in total. The van der Waals surface area contributed by atoms with Gasteiger partial charge in [-0.2, -0.15) is 0 Å². The van der Waals surface area contributed by atoms with Crippen LogP contribution in [-0.2, 0) is 4.79 Å². The third-order valence-electron chi connectivity index (χ3n) is 3.37. The lowest BCUT2D eigenvalue weighted by atomic mass is 10.0. The topological polar surface area (TPSA) is 98.8 Å². The molecule has 0 aromatic heterocycles. The van der Waals surface area contributed by atoms with Crippen molar-refractivity contribution in [1.29, 1.82) is 0 Å². The minimum absolute atomic E-state index is 0.00272. The molecular weight excluding hydrogens is 234 g/mol. The van der Waals surface area contributed by atoms with Gasteiger partial charge in [0.2, 0.25) is 5.91 Å². The van der Waals surface area contributed by atoms with Crippen LogP contribution in [0.4, 0.5) is 0 Å². The molecule has 0 aliphatic carbocycles. The van der Waals surface area contributed by atoms with E-state index in [1.54, 1.807) is 0 Å². The lowest BCUT2D eigenvalue weighted by molar-refractivity contribution is -0.125. The average molecular weight is 259 g/mol.